The molecule has 1 heterocycles. The van der Waals surface area contributed by atoms with Gasteiger partial charge < -0.3 is 4.57 Å². The van der Waals surface area contributed by atoms with Crippen molar-refractivity contribution in [2.45, 2.75) is 6.54 Å². The van der Waals surface area contributed by atoms with Crippen molar-refractivity contribution < 1.29 is 13.0 Å². The maximum absolute atomic E-state index is 10.9. The molecule has 10 heteroatoms. The number of anilines is 1. The molecule has 2 N–H and O–H groups in total. The van der Waals surface area contributed by atoms with Crippen molar-refractivity contribution >= 4 is 27.6 Å². The van der Waals surface area contributed by atoms with Gasteiger partial charge in [0.15, 0.2) is 0 Å². The van der Waals surface area contributed by atoms with Crippen LogP contribution in [-0.4, -0.2) is 27.7 Å². The van der Waals surface area contributed by atoms with Gasteiger partial charge in [0.05, 0.1) is 28.9 Å². The fourth-order valence-electron chi connectivity index (χ4n) is 2.45. The molecule has 0 aliphatic rings. The molecule has 132 valence electrons. The molecule has 0 saturated carbocycles. The maximum Gasteiger partial charge on any atom is 0.357 e. The number of hydrogen-bond acceptors (Lipinski definition) is 5. The van der Waals surface area contributed by atoms with E-state index in [1.54, 1.807) is 29.4 Å². The molecule has 0 atom stereocenters. The largest absolute Gasteiger partial charge is 0.357 e. The van der Waals surface area contributed by atoms with E-state index in [-0.39, 0.29) is 10.7 Å². The zero-order valence-electron chi connectivity index (χ0n) is 13.2. The number of nitrogens with one attached hydrogen (secondary N) is 1. The predicted octanol–water partition coefficient (Wildman–Crippen LogP) is 2.73. The van der Waals surface area contributed by atoms with Crippen LogP contribution in [0.3, 0.4) is 0 Å². The lowest BCUT2D eigenvalue weighted by Crippen LogP contribution is -2.10. The molecule has 0 bridgehead atoms. The van der Waals surface area contributed by atoms with Crippen LogP contribution in [0.5, 0.6) is 0 Å². The minimum atomic E-state index is -4.43. The minimum absolute atomic E-state index is 0.0390. The second-order valence-corrected chi connectivity index (χ2v) is 6.96. The van der Waals surface area contributed by atoms with Crippen molar-refractivity contribution in [1.82, 2.24) is 14.8 Å². The zero-order valence-corrected chi connectivity index (χ0v) is 14.7. The Kier molecular flexibility index (Phi) is 4.90. The second-order valence-electron chi connectivity index (χ2n) is 5.40. The van der Waals surface area contributed by atoms with Gasteiger partial charge in [-0.3, -0.25) is 9.27 Å². The average Bonchev–Trinajstić information content (AvgIpc) is 3.08. The topological polar surface area (TPSA) is 121 Å². The Morgan fingerprint density at radius 2 is 1.92 bits per heavy atom. The molecule has 8 nitrogen and oxygen atoms in total. The van der Waals surface area contributed by atoms with E-state index in [9.17, 15) is 13.7 Å². The van der Waals surface area contributed by atoms with E-state index in [1.807, 2.05) is 16.9 Å². The Bertz CT molecular complexity index is 1090. The monoisotopic (exact) mass is 389 g/mol. The Hall–Kier alpha value is -2.93. The van der Waals surface area contributed by atoms with Gasteiger partial charge in [0.2, 0.25) is 0 Å². The first kappa shape index (κ1) is 17.9. The molecular weight excluding hydrogens is 378 g/mol. The van der Waals surface area contributed by atoms with Crippen LogP contribution in [0, 0.1) is 11.3 Å². The van der Waals surface area contributed by atoms with E-state index in [4.69, 9.17) is 16.2 Å². The van der Waals surface area contributed by atoms with Gasteiger partial charge in [-0.25, -0.2) is 0 Å². The summed E-state index contributed by atoms with van der Waals surface area (Å²) in [6.45, 7) is 0.530. The normalized spacial score (nSPS) is 11.1. The molecule has 0 aliphatic heterocycles. The molecule has 0 aliphatic carbocycles. The number of nitrogens with zero attached hydrogens (tertiary/aromatic N) is 4. The average molecular weight is 390 g/mol. The Morgan fingerprint density at radius 3 is 2.54 bits per heavy atom. The lowest BCUT2D eigenvalue weighted by molar-refractivity contribution is 0.489. The molecule has 0 unspecified atom stereocenters. The summed E-state index contributed by atoms with van der Waals surface area (Å²) in [7, 11) is -4.43. The Balaban J connectivity index is 1.99. The first-order chi connectivity index (χ1) is 12.4. The molecule has 2 aromatic carbocycles. The molecule has 0 radical (unpaired) electrons. The lowest BCUT2D eigenvalue weighted by atomic mass is 9.97. The van der Waals surface area contributed by atoms with Crippen LogP contribution in [0.15, 0.2) is 49.1 Å². The zero-order chi connectivity index (χ0) is 18.7. The highest BCUT2D eigenvalue weighted by atomic mass is 35.5. The third-order valence-corrected chi connectivity index (χ3v) is 4.35. The highest BCUT2D eigenvalue weighted by Gasteiger charge is 2.12. The summed E-state index contributed by atoms with van der Waals surface area (Å²) in [5.74, 6) is 0. The minimum Gasteiger partial charge on any atom is -0.316 e. The van der Waals surface area contributed by atoms with Crippen LogP contribution >= 0.6 is 11.6 Å². The predicted molar refractivity (Wildman–Crippen MR) is 95.9 cm³/mol. The highest BCUT2D eigenvalue weighted by molar-refractivity contribution is 7.87. The summed E-state index contributed by atoms with van der Waals surface area (Å²) in [4.78, 5) is 0. The summed E-state index contributed by atoms with van der Waals surface area (Å²) in [6, 6.07) is 12.1. The van der Waals surface area contributed by atoms with Crippen LogP contribution in [-0.2, 0) is 16.8 Å². The third-order valence-electron chi connectivity index (χ3n) is 3.56. The van der Waals surface area contributed by atoms with E-state index in [0.717, 1.165) is 5.56 Å². The van der Waals surface area contributed by atoms with E-state index in [1.165, 1.54) is 12.1 Å². The van der Waals surface area contributed by atoms with Gasteiger partial charge in [0.1, 0.15) is 12.7 Å². The summed E-state index contributed by atoms with van der Waals surface area (Å²) < 4.78 is 34.4. The van der Waals surface area contributed by atoms with Crippen molar-refractivity contribution in [1.29, 1.82) is 5.26 Å². The molecule has 0 amide bonds. The van der Waals surface area contributed by atoms with Crippen molar-refractivity contribution in [3.05, 3.63) is 65.2 Å². The molecule has 26 heavy (non-hydrogen) atoms. The standard InChI is InChI=1S/C16H12ClN5O3S/c17-15-6-12(3-4-16(15)21-26(23,24)25)14-5-11(1-2-13(14)7-18)8-22-9-19-20-10-22/h1-6,9-10,21H,8H2,(H,23,24,25). The van der Waals surface area contributed by atoms with E-state index in [2.05, 4.69) is 16.3 Å². The van der Waals surface area contributed by atoms with Crippen molar-refractivity contribution in [3.8, 4) is 17.2 Å². The quantitative estimate of drug-likeness (QED) is 0.647. The van der Waals surface area contributed by atoms with Crippen molar-refractivity contribution in [3.63, 3.8) is 0 Å². The first-order valence-corrected chi connectivity index (χ1v) is 9.08. The molecule has 3 rings (SSSR count). The lowest BCUT2D eigenvalue weighted by Gasteiger charge is -2.11. The molecule has 0 saturated heterocycles. The van der Waals surface area contributed by atoms with Gasteiger partial charge in [0.25, 0.3) is 0 Å². The number of hydrogen-bond donors (Lipinski definition) is 2. The van der Waals surface area contributed by atoms with Crippen molar-refractivity contribution in [2.75, 3.05) is 4.72 Å². The number of halogens is 1. The maximum atomic E-state index is 10.9. The van der Waals surface area contributed by atoms with Crippen LogP contribution in [0.25, 0.3) is 11.1 Å². The number of aromatic nitrogens is 3. The Labute approximate surface area is 154 Å². The molecular formula is C16H12ClN5O3S. The Morgan fingerprint density at radius 1 is 1.19 bits per heavy atom. The van der Waals surface area contributed by atoms with Crippen molar-refractivity contribution in [2.24, 2.45) is 0 Å². The summed E-state index contributed by atoms with van der Waals surface area (Å²) in [5.41, 5.74) is 2.70. The van der Waals surface area contributed by atoms with Crippen LogP contribution < -0.4 is 4.72 Å². The second kappa shape index (κ2) is 7.13. The number of nitriles is 1. The highest BCUT2D eigenvalue weighted by Crippen LogP contribution is 2.31. The van der Waals surface area contributed by atoms with Gasteiger partial charge >= 0.3 is 10.3 Å². The van der Waals surface area contributed by atoms with Crippen LogP contribution in [0.2, 0.25) is 5.02 Å². The fraction of sp³-hybridized carbons (Fsp3) is 0.0625. The number of benzene rings is 2. The first-order valence-electron chi connectivity index (χ1n) is 7.26. The SMILES string of the molecule is N#Cc1ccc(Cn2cnnc2)cc1-c1ccc(NS(=O)(=O)O)c(Cl)c1. The van der Waals surface area contributed by atoms with Crippen LogP contribution in [0.4, 0.5) is 5.69 Å². The molecule has 3 aromatic rings. The van der Waals surface area contributed by atoms with Gasteiger partial charge in [-0.2, -0.15) is 13.7 Å². The smallest absolute Gasteiger partial charge is 0.316 e. The third kappa shape index (κ3) is 4.18. The summed E-state index contributed by atoms with van der Waals surface area (Å²) in [6.07, 6.45) is 3.18. The van der Waals surface area contributed by atoms with Gasteiger partial charge in [-0.15, -0.1) is 10.2 Å². The van der Waals surface area contributed by atoms with E-state index >= 15 is 0 Å². The van der Waals surface area contributed by atoms with Gasteiger partial charge in [-0.05, 0) is 41.0 Å². The van der Waals surface area contributed by atoms with E-state index < -0.39 is 10.3 Å². The van der Waals surface area contributed by atoms with Gasteiger partial charge in [0, 0.05) is 0 Å². The molecule has 0 spiro atoms. The van der Waals surface area contributed by atoms with Crippen LogP contribution in [0.1, 0.15) is 11.1 Å². The fourth-order valence-corrected chi connectivity index (χ4v) is 3.18. The molecule has 0 fully saturated rings. The summed E-state index contributed by atoms with van der Waals surface area (Å²) >= 11 is 6.09. The number of rotatable bonds is 5. The molecule has 1 aromatic heterocycles. The van der Waals surface area contributed by atoms with Gasteiger partial charge in [-0.1, -0.05) is 23.7 Å². The summed E-state index contributed by atoms with van der Waals surface area (Å²) in [5, 5.41) is 17.0. The van der Waals surface area contributed by atoms with E-state index in [0.29, 0.717) is 23.2 Å².